The largest absolute Gasteiger partial charge is 0.489 e. The van der Waals surface area contributed by atoms with Gasteiger partial charge in [0.1, 0.15) is 12.4 Å². The van der Waals surface area contributed by atoms with Crippen molar-refractivity contribution in [3.63, 3.8) is 0 Å². The topological polar surface area (TPSA) is 21.3 Å². The van der Waals surface area contributed by atoms with E-state index in [1.54, 1.807) is 0 Å². The third-order valence-corrected chi connectivity index (χ3v) is 3.31. The first-order valence-corrected chi connectivity index (χ1v) is 7.32. The van der Waals surface area contributed by atoms with Crippen LogP contribution in [0.1, 0.15) is 30.5 Å². The lowest BCUT2D eigenvalue weighted by atomic mass is 10.1. The van der Waals surface area contributed by atoms with Gasteiger partial charge in [0.15, 0.2) is 0 Å². The van der Waals surface area contributed by atoms with Crippen molar-refractivity contribution in [1.29, 1.82) is 0 Å². The van der Waals surface area contributed by atoms with Gasteiger partial charge in [-0.2, -0.15) is 0 Å². The van der Waals surface area contributed by atoms with E-state index in [9.17, 15) is 0 Å². The van der Waals surface area contributed by atoms with Crippen LogP contribution in [0, 0.1) is 0 Å². The van der Waals surface area contributed by atoms with Crippen LogP contribution in [0.4, 0.5) is 0 Å². The zero-order valence-corrected chi connectivity index (χ0v) is 12.4. The number of benzene rings is 2. The van der Waals surface area contributed by atoms with Gasteiger partial charge in [-0.25, -0.2) is 0 Å². The highest BCUT2D eigenvalue weighted by molar-refractivity contribution is 5.28. The molecule has 0 aliphatic heterocycles. The molecule has 106 valence electrons. The van der Waals surface area contributed by atoms with Crippen LogP contribution < -0.4 is 10.1 Å². The maximum Gasteiger partial charge on any atom is 0.119 e. The van der Waals surface area contributed by atoms with Crippen LogP contribution in [0.25, 0.3) is 0 Å². The summed E-state index contributed by atoms with van der Waals surface area (Å²) < 4.78 is 5.83. The highest BCUT2D eigenvalue weighted by Crippen LogP contribution is 2.15. The Kier molecular flexibility index (Phi) is 5.63. The molecule has 0 spiro atoms. The third-order valence-electron chi connectivity index (χ3n) is 3.31. The lowest BCUT2D eigenvalue weighted by molar-refractivity contribution is 0.306. The molecule has 0 unspecified atom stereocenters. The molecule has 20 heavy (non-hydrogen) atoms. The lowest BCUT2D eigenvalue weighted by Crippen LogP contribution is -2.11. The summed E-state index contributed by atoms with van der Waals surface area (Å²) in [7, 11) is 0. The molecule has 2 aromatic rings. The van der Waals surface area contributed by atoms with Crippen molar-refractivity contribution >= 4 is 0 Å². The molecule has 0 aliphatic carbocycles. The fourth-order valence-corrected chi connectivity index (χ4v) is 2.09. The SMILES string of the molecule is CCNCc1cccc(COc2ccc(CC)cc2)c1. The first-order valence-electron chi connectivity index (χ1n) is 7.32. The summed E-state index contributed by atoms with van der Waals surface area (Å²) in [5.41, 5.74) is 3.85. The van der Waals surface area contributed by atoms with Crippen LogP contribution in [0.5, 0.6) is 5.75 Å². The van der Waals surface area contributed by atoms with Crippen LogP contribution in [0.3, 0.4) is 0 Å². The van der Waals surface area contributed by atoms with Crippen LogP contribution in [-0.4, -0.2) is 6.54 Å². The van der Waals surface area contributed by atoms with Gasteiger partial charge >= 0.3 is 0 Å². The Hall–Kier alpha value is -1.80. The van der Waals surface area contributed by atoms with Crippen molar-refractivity contribution in [2.24, 2.45) is 0 Å². The quantitative estimate of drug-likeness (QED) is 0.822. The molecular formula is C18H23NO. The predicted molar refractivity (Wildman–Crippen MR) is 84.0 cm³/mol. The molecule has 0 amide bonds. The molecule has 0 fully saturated rings. The summed E-state index contributed by atoms with van der Waals surface area (Å²) in [5, 5.41) is 3.34. The number of nitrogens with one attached hydrogen (secondary N) is 1. The molecule has 2 aromatic carbocycles. The Labute approximate surface area is 121 Å². The summed E-state index contributed by atoms with van der Waals surface area (Å²) >= 11 is 0. The second-order valence-corrected chi connectivity index (χ2v) is 4.89. The van der Waals surface area contributed by atoms with E-state index in [-0.39, 0.29) is 0 Å². The van der Waals surface area contributed by atoms with Crippen molar-refractivity contribution in [2.45, 2.75) is 33.4 Å². The summed E-state index contributed by atoms with van der Waals surface area (Å²) in [6, 6.07) is 16.9. The summed E-state index contributed by atoms with van der Waals surface area (Å²) in [6.07, 6.45) is 1.06. The van der Waals surface area contributed by atoms with Gasteiger partial charge in [-0.15, -0.1) is 0 Å². The van der Waals surface area contributed by atoms with Crippen LogP contribution >= 0.6 is 0 Å². The van der Waals surface area contributed by atoms with Gasteiger partial charge in [0.05, 0.1) is 0 Å². The number of rotatable bonds is 7. The van der Waals surface area contributed by atoms with Gasteiger partial charge in [0.2, 0.25) is 0 Å². The zero-order chi connectivity index (χ0) is 14.2. The smallest absolute Gasteiger partial charge is 0.119 e. The van der Waals surface area contributed by atoms with Crippen molar-refractivity contribution in [2.75, 3.05) is 6.54 Å². The average Bonchev–Trinajstić information content (AvgIpc) is 2.52. The van der Waals surface area contributed by atoms with Crippen LogP contribution in [0.2, 0.25) is 0 Å². The average molecular weight is 269 g/mol. The Bertz CT molecular complexity index is 519. The molecule has 2 heteroatoms. The minimum Gasteiger partial charge on any atom is -0.489 e. The van der Waals surface area contributed by atoms with E-state index in [1.165, 1.54) is 16.7 Å². The van der Waals surface area contributed by atoms with E-state index in [0.717, 1.165) is 25.3 Å². The van der Waals surface area contributed by atoms with Gasteiger partial charge in [0.25, 0.3) is 0 Å². The fourth-order valence-electron chi connectivity index (χ4n) is 2.09. The monoisotopic (exact) mass is 269 g/mol. The Balaban J connectivity index is 1.92. The molecule has 2 rings (SSSR count). The first kappa shape index (κ1) is 14.6. The van der Waals surface area contributed by atoms with Crippen molar-refractivity contribution in [1.82, 2.24) is 5.32 Å². The second kappa shape index (κ2) is 7.71. The molecule has 0 aliphatic rings. The molecule has 0 radical (unpaired) electrons. The molecule has 0 heterocycles. The highest BCUT2D eigenvalue weighted by atomic mass is 16.5. The van der Waals surface area contributed by atoms with Gasteiger partial charge < -0.3 is 10.1 Å². The van der Waals surface area contributed by atoms with Gasteiger partial charge in [-0.05, 0) is 41.8 Å². The van der Waals surface area contributed by atoms with Crippen LogP contribution in [0.15, 0.2) is 48.5 Å². The third kappa shape index (κ3) is 4.39. The summed E-state index contributed by atoms with van der Waals surface area (Å²) in [4.78, 5) is 0. The van der Waals surface area contributed by atoms with Gasteiger partial charge in [-0.3, -0.25) is 0 Å². The number of ether oxygens (including phenoxy) is 1. The molecule has 0 aromatic heterocycles. The van der Waals surface area contributed by atoms with Crippen molar-refractivity contribution in [3.8, 4) is 5.75 Å². The van der Waals surface area contributed by atoms with Gasteiger partial charge in [0, 0.05) is 6.54 Å². The van der Waals surface area contributed by atoms with E-state index < -0.39 is 0 Å². The minimum atomic E-state index is 0.617. The molecule has 0 saturated heterocycles. The number of aryl methyl sites for hydroxylation is 1. The maximum absolute atomic E-state index is 5.83. The Morgan fingerprint density at radius 2 is 1.65 bits per heavy atom. The molecule has 1 N–H and O–H groups in total. The van der Waals surface area contributed by atoms with E-state index in [0.29, 0.717) is 6.61 Å². The Morgan fingerprint density at radius 1 is 0.900 bits per heavy atom. The zero-order valence-electron chi connectivity index (χ0n) is 12.4. The molecule has 0 saturated carbocycles. The number of hydrogen-bond donors (Lipinski definition) is 1. The summed E-state index contributed by atoms with van der Waals surface area (Å²) in [5.74, 6) is 0.930. The van der Waals surface area contributed by atoms with Crippen LogP contribution in [-0.2, 0) is 19.6 Å². The molecule has 0 atom stereocenters. The minimum absolute atomic E-state index is 0.617. The van der Waals surface area contributed by atoms with Crippen molar-refractivity contribution < 1.29 is 4.74 Å². The van der Waals surface area contributed by atoms with E-state index in [2.05, 4.69) is 55.6 Å². The van der Waals surface area contributed by atoms with Gasteiger partial charge in [-0.1, -0.05) is 50.2 Å². The standard InChI is InChI=1S/C18H23NO/c1-3-15-8-10-18(11-9-15)20-14-17-7-5-6-16(12-17)13-19-4-2/h5-12,19H,3-4,13-14H2,1-2H3. The van der Waals surface area contributed by atoms with E-state index in [4.69, 9.17) is 4.74 Å². The number of hydrogen-bond acceptors (Lipinski definition) is 2. The molecule has 0 bridgehead atoms. The predicted octanol–water partition coefficient (Wildman–Crippen LogP) is 3.94. The maximum atomic E-state index is 5.83. The second-order valence-electron chi connectivity index (χ2n) is 4.89. The Morgan fingerprint density at radius 3 is 2.35 bits per heavy atom. The normalized spacial score (nSPS) is 10.5. The lowest BCUT2D eigenvalue weighted by Gasteiger charge is -2.09. The van der Waals surface area contributed by atoms with E-state index >= 15 is 0 Å². The van der Waals surface area contributed by atoms with Crippen molar-refractivity contribution in [3.05, 3.63) is 65.2 Å². The van der Waals surface area contributed by atoms with E-state index in [1.807, 2.05) is 12.1 Å². The molecular weight excluding hydrogens is 246 g/mol. The highest BCUT2D eigenvalue weighted by Gasteiger charge is 1.98. The first-order chi connectivity index (χ1) is 9.81. The molecule has 2 nitrogen and oxygen atoms in total. The fraction of sp³-hybridized carbons (Fsp3) is 0.333. The summed E-state index contributed by atoms with van der Waals surface area (Å²) in [6.45, 7) is 6.80.